The van der Waals surface area contributed by atoms with E-state index < -0.39 is 0 Å². The largest absolute Gasteiger partial charge is 0.0654 e. The number of hydrogen-bond acceptors (Lipinski definition) is 0. The number of fused-ring (bicyclic) bond motifs is 1. The number of hydrogen-bond donors (Lipinski definition) is 0. The fourth-order valence-electron chi connectivity index (χ4n) is 2.64. The fraction of sp³-hybridized carbons (Fsp3) is 0.200. The summed E-state index contributed by atoms with van der Waals surface area (Å²) >= 11 is 0. The average molecular weight is 260 g/mol. The van der Waals surface area contributed by atoms with Crippen molar-refractivity contribution >= 4 is 10.8 Å². The summed E-state index contributed by atoms with van der Waals surface area (Å²) in [5, 5.41) is 2.67. The van der Waals surface area contributed by atoms with Crippen molar-refractivity contribution in [3.8, 4) is 11.1 Å². The van der Waals surface area contributed by atoms with Crippen LogP contribution in [0.1, 0.15) is 25.3 Å². The summed E-state index contributed by atoms with van der Waals surface area (Å²) in [4.78, 5) is 0. The van der Waals surface area contributed by atoms with Gasteiger partial charge in [0, 0.05) is 0 Å². The molecule has 0 N–H and O–H groups in total. The zero-order valence-electron chi connectivity index (χ0n) is 12.0. The van der Waals surface area contributed by atoms with Crippen LogP contribution in [0.15, 0.2) is 66.7 Å². The van der Waals surface area contributed by atoms with Gasteiger partial charge >= 0.3 is 0 Å². The maximum atomic E-state index is 2.33. The van der Waals surface area contributed by atoms with E-state index in [1.54, 1.807) is 0 Å². The molecule has 0 amide bonds. The van der Waals surface area contributed by atoms with Gasteiger partial charge < -0.3 is 0 Å². The molecule has 0 heteroatoms. The molecule has 0 aliphatic heterocycles. The molecular formula is C20H20. The molecule has 0 saturated heterocycles. The maximum absolute atomic E-state index is 2.33. The Bertz CT molecular complexity index is 696. The molecule has 0 aliphatic carbocycles. The molecule has 3 aromatic carbocycles. The molecule has 0 saturated carbocycles. The first-order valence-corrected chi connectivity index (χ1v) is 7.45. The molecule has 20 heavy (non-hydrogen) atoms. The van der Waals surface area contributed by atoms with Crippen LogP contribution in [0.25, 0.3) is 21.9 Å². The third kappa shape index (κ3) is 2.75. The van der Waals surface area contributed by atoms with Crippen LogP contribution in [0.5, 0.6) is 0 Å². The first kappa shape index (κ1) is 12.9. The Kier molecular flexibility index (Phi) is 3.83. The van der Waals surface area contributed by atoms with Crippen LogP contribution in [0.4, 0.5) is 0 Å². The summed E-state index contributed by atoms with van der Waals surface area (Å²) in [7, 11) is 0. The number of unbranched alkanes of at least 4 members (excludes halogenated alkanes) is 1. The lowest BCUT2D eigenvalue weighted by atomic mass is 9.99. The van der Waals surface area contributed by atoms with Crippen LogP contribution >= 0.6 is 0 Å². The summed E-state index contributed by atoms with van der Waals surface area (Å²) in [5.41, 5.74) is 4.02. The minimum Gasteiger partial charge on any atom is -0.0654 e. The highest BCUT2D eigenvalue weighted by atomic mass is 14.1. The summed E-state index contributed by atoms with van der Waals surface area (Å²) in [6.45, 7) is 2.24. The third-order valence-electron chi connectivity index (χ3n) is 3.83. The minimum absolute atomic E-state index is 1.19. The Hall–Kier alpha value is -2.08. The third-order valence-corrected chi connectivity index (χ3v) is 3.83. The molecule has 0 nitrogen and oxygen atoms in total. The van der Waals surface area contributed by atoms with E-state index in [0.29, 0.717) is 0 Å². The van der Waals surface area contributed by atoms with E-state index in [-0.39, 0.29) is 0 Å². The Morgan fingerprint density at radius 2 is 1.45 bits per heavy atom. The van der Waals surface area contributed by atoms with E-state index >= 15 is 0 Å². The molecular weight excluding hydrogens is 240 g/mol. The summed E-state index contributed by atoms with van der Waals surface area (Å²) in [5.74, 6) is 0. The molecule has 0 heterocycles. The Labute approximate surface area is 121 Å². The molecule has 0 spiro atoms. The lowest BCUT2D eigenvalue weighted by Crippen LogP contribution is -1.85. The van der Waals surface area contributed by atoms with Gasteiger partial charge in [-0.2, -0.15) is 0 Å². The molecule has 3 aromatic rings. The van der Waals surface area contributed by atoms with Crippen LogP contribution in [0, 0.1) is 0 Å². The van der Waals surface area contributed by atoms with Gasteiger partial charge in [-0.3, -0.25) is 0 Å². The van der Waals surface area contributed by atoms with Crippen LogP contribution in [-0.2, 0) is 6.42 Å². The Morgan fingerprint density at radius 3 is 2.25 bits per heavy atom. The number of rotatable bonds is 4. The monoisotopic (exact) mass is 260 g/mol. The zero-order chi connectivity index (χ0) is 13.8. The van der Waals surface area contributed by atoms with Gasteiger partial charge in [0.15, 0.2) is 0 Å². The summed E-state index contributed by atoms with van der Waals surface area (Å²) in [6, 6.07) is 24.2. The molecule has 0 atom stereocenters. The zero-order valence-corrected chi connectivity index (χ0v) is 12.0. The molecule has 0 bridgehead atoms. The minimum atomic E-state index is 1.19. The second-order valence-electron chi connectivity index (χ2n) is 5.37. The van der Waals surface area contributed by atoms with Gasteiger partial charge in [0.1, 0.15) is 0 Å². The van der Waals surface area contributed by atoms with Crippen molar-refractivity contribution < 1.29 is 0 Å². The van der Waals surface area contributed by atoms with Gasteiger partial charge in [0.25, 0.3) is 0 Å². The second-order valence-corrected chi connectivity index (χ2v) is 5.37. The van der Waals surface area contributed by atoms with Crippen molar-refractivity contribution in [2.45, 2.75) is 26.2 Å². The predicted molar refractivity (Wildman–Crippen MR) is 88.0 cm³/mol. The van der Waals surface area contributed by atoms with Crippen molar-refractivity contribution in [3.05, 3.63) is 72.3 Å². The Balaban J connectivity index is 1.96. The van der Waals surface area contributed by atoms with E-state index in [4.69, 9.17) is 0 Å². The van der Waals surface area contributed by atoms with E-state index in [2.05, 4.69) is 73.7 Å². The van der Waals surface area contributed by atoms with Crippen LogP contribution < -0.4 is 0 Å². The number of aryl methyl sites for hydroxylation is 1. The van der Waals surface area contributed by atoms with Crippen molar-refractivity contribution in [1.82, 2.24) is 0 Å². The van der Waals surface area contributed by atoms with E-state index in [9.17, 15) is 0 Å². The van der Waals surface area contributed by atoms with E-state index in [0.717, 1.165) is 0 Å². The molecule has 0 fully saturated rings. The SMILES string of the molecule is CCCCc1ccc2cc(-c3ccccc3)ccc2c1. The molecule has 100 valence electrons. The van der Waals surface area contributed by atoms with Crippen molar-refractivity contribution in [3.63, 3.8) is 0 Å². The predicted octanol–water partition coefficient (Wildman–Crippen LogP) is 5.85. The summed E-state index contributed by atoms with van der Waals surface area (Å²) < 4.78 is 0. The highest BCUT2D eigenvalue weighted by Gasteiger charge is 2.00. The number of benzene rings is 3. The average Bonchev–Trinajstić information content (AvgIpc) is 2.53. The molecule has 0 aromatic heterocycles. The highest BCUT2D eigenvalue weighted by molar-refractivity contribution is 5.87. The van der Waals surface area contributed by atoms with Crippen LogP contribution in [0.3, 0.4) is 0 Å². The fourth-order valence-corrected chi connectivity index (χ4v) is 2.64. The lowest BCUT2D eigenvalue weighted by Gasteiger charge is -2.06. The van der Waals surface area contributed by atoms with Crippen molar-refractivity contribution in [2.75, 3.05) is 0 Å². The molecule has 0 unspecified atom stereocenters. The maximum Gasteiger partial charge on any atom is -0.0178 e. The van der Waals surface area contributed by atoms with Crippen LogP contribution in [0.2, 0.25) is 0 Å². The van der Waals surface area contributed by atoms with E-state index in [1.165, 1.54) is 46.7 Å². The first-order valence-electron chi connectivity index (χ1n) is 7.45. The van der Waals surface area contributed by atoms with E-state index in [1.807, 2.05) is 0 Å². The van der Waals surface area contributed by atoms with Crippen molar-refractivity contribution in [1.29, 1.82) is 0 Å². The first-order chi connectivity index (χ1) is 9.86. The highest BCUT2D eigenvalue weighted by Crippen LogP contribution is 2.25. The van der Waals surface area contributed by atoms with Gasteiger partial charge in [-0.05, 0) is 46.4 Å². The van der Waals surface area contributed by atoms with Gasteiger partial charge in [-0.15, -0.1) is 0 Å². The molecule has 3 rings (SSSR count). The topological polar surface area (TPSA) is 0 Å². The standard InChI is InChI=1S/C20H20/c1-2-3-7-16-10-11-20-15-19(13-12-18(20)14-16)17-8-5-4-6-9-17/h4-6,8-15H,2-3,7H2,1H3. The normalized spacial score (nSPS) is 10.8. The van der Waals surface area contributed by atoms with Gasteiger partial charge in [-0.1, -0.05) is 74.0 Å². The second kappa shape index (κ2) is 5.92. The smallest absolute Gasteiger partial charge is 0.0178 e. The quantitative estimate of drug-likeness (QED) is 0.552. The molecule has 0 radical (unpaired) electrons. The van der Waals surface area contributed by atoms with Crippen LogP contribution in [-0.4, -0.2) is 0 Å². The Morgan fingerprint density at radius 1 is 0.700 bits per heavy atom. The molecule has 0 aliphatic rings. The van der Waals surface area contributed by atoms with Gasteiger partial charge in [0.2, 0.25) is 0 Å². The van der Waals surface area contributed by atoms with Gasteiger partial charge in [-0.25, -0.2) is 0 Å². The summed E-state index contributed by atoms with van der Waals surface area (Å²) in [6.07, 6.45) is 3.71. The lowest BCUT2D eigenvalue weighted by molar-refractivity contribution is 0.796. The van der Waals surface area contributed by atoms with Crippen molar-refractivity contribution in [2.24, 2.45) is 0 Å². The van der Waals surface area contributed by atoms with Gasteiger partial charge in [0.05, 0.1) is 0 Å².